The molecule has 1 aromatic carbocycles. The average molecular weight is 571 g/mol. The predicted molar refractivity (Wildman–Crippen MR) is 146 cm³/mol. The predicted octanol–water partition coefficient (Wildman–Crippen LogP) is 2.80. The Hall–Kier alpha value is -2.98. The Labute approximate surface area is 235 Å². The van der Waals surface area contributed by atoms with E-state index < -0.39 is 35.6 Å². The molecule has 11 heteroatoms. The highest BCUT2D eigenvalue weighted by molar-refractivity contribution is 7.21. The van der Waals surface area contributed by atoms with Gasteiger partial charge in [0.25, 0.3) is 11.8 Å². The molecule has 3 heterocycles. The second kappa shape index (κ2) is 10.2. The van der Waals surface area contributed by atoms with E-state index in [0.29, 0.717) is 35.8 Å². The Morgan fingerprint density at radius 2 is 1.95 bits per heavy atom. The van der Waals surface area contributed by atoms with E-state index in [1.54, 1.807) is 17.0 Å². The normalized spacial score (nSPS) is 24.3. The minimum atomic E-state index is -1.14. The number of benzene rings is 1. The van der Waals surface area contributed by atoms with Crippen LogP contribution in [0.5, 0.6) is 0 Å². The number of nitrogens with one attached hydrogen (secondary N) is 3. The number of carbonyl (C=O) groups excluding carboxylic acids is 5. The van der Waals surface area contributed by atoms with Crippen LogP contribution in [0.25, 0.3) is 10.1 Å². The van der Waals surface area contributed by atoms with Gasteiger partial charge in [0.15, 0.2) is 0 Å². The summed E-state index contributed by atoms with van der Waals surface area (Å²) in [5.41, 5.74) is 0.0381. The Morgan fingerprint density at radius 1 is 1.15 bits per heavy atom. The molecule has 0 bridgehead atoms. The van der Waals surface area contributed by atoms with Crippen LogP contribution in [-0.4, -0.2) is 65.5 Å². The van der Waals surface area contributed by atoms with E-state index in [0.717, 1.165) is 42.2 Å². The van der Waals surface area contributed by atoms with Gasteiger partial charge in [-0.2, -0.15) is 0 Å². The fourth-order valence-corrected chi connectivity index (χ4v) is 7.13. The molecule has 4 aliphatic rings. The van der Waals surface area contributed by atoms with Crippen molar-refractivity contribution >= 4 is 62.4 Å². The van der Waals surface area contributed by atoms with Crippen LogP contribution in [0.3, 0.4) is 0 Å². The number of hydrogen-bond acceptors (Lipinski definition) is 6. The zero-order valence-electron chi connectivity index (χ0n) is 21.5. The SMILES string of the molecule is O=C(NC1CC1)C(=O)C(C[C@@H]1CCNC1=O)NC(=O)[C@@H]1CC2(CCN1C(=O)c1cc3cccc(Cl)c3s1)CC2. The van der Waals surface area contributed by atoms with Gasteiger partial charge < -0.3 is 20.9 Å². The van der Waals surface area contributed by atoms with Crippen LogP contribution in [0.4, 0.5) is 0 Å². The molecular formula is C28H31ClN4O5S. The van der Waals surface area contributed by atoms with Crippen molar-refractivity contribution in [2.75, 3.05) is 13.1 Å². The van der Waals surface area contributed by atoms with E-state index in [4.69, 9.17) is 11.6 Å². The summed E-state index contributed by atoms with van der Waals surface area (Å²) in [5.74, 6) is -2.82. The van der Waals surface area contributed by atoms with Gasteiger partial charge in [-0.1, -0.05) is 23.7 Å². The standard InChI is InChI=1S/C28H31ClN4O5S/c29-18-3-1-2-15-13-21(39-23(15)18)27(38)33-11-9-28(7-8-28)14-20(33)25(36)32-19(12-16-6-10-30-24(16)35)22(34)26(37)31-17-4-5-17/h1-3,13,16-17,19-20H,4-12,14H2,(H,30,35)(H,31,37)(H,32,36)/t16-,19?,20-/m0/s1. The van der Waals surface area contributed by atoms with Crippen LogP contribution in [0.1, 0.15) is 61.0 Å². The van der Waals surface area contributed by atoms with Crippen LogP contribution >= 0.6 is 22.9 Å². The fourth-order valence-electron chi connectivity index (χ4n) is 5.81. The summed E-state index contributed by atoms with van der Waals surface area (Å²) < 4.78 is 0.821. The van der Waals surface area contributed by atoms with Crippen LogP contribution < -0.4 is 16.0 Å². The summed E-state index contributed by atoms with van der Waals surface area (Å²) in [6, 6.07) is 5.40. The Kier molecular flexibility index (Phi) is 6.87. The van der Waals surface area contributed by atoms with Crippen molar-refractivity contribution in [2.24, 2.45) is 11.3 Å². The molecule has 2 saturated carbocycles. The van der Waals surface area contributed by atoms with E-state index in [-0.39, 0.29) is 29.7 Å². The van der Waals surface area contributed by atoms with E-state index >= 15 is 0 Å². The van der Waals surface area contributed by atoms with Crippen LogP contribution in [0.15, 0.2) is 24.3 Å². The Bertz CT molecular complexity index is 1370. The smallest absolute Gasteiger partial charge is 0.289 e. The third-order valence-corrected chi connectivity index (χ3v) is 10.2. The van der Waals surface area contributed by atoms with Crippen molar-refractivity contribution in [3.05, 3.63) is 34.2 Å². The lowest BCUT2D eigenvalue weighted by atomic mass is 9.86. The minimum Gasteiger partial charge on any atom is -0.356 e. The summed E-state index contributed by atoms with van der Waals surface area (Å²) in [4.78, 5) is 67.7. The molecule has 4 amide bonds. The summed E-state index contributed by atoms with van der Waals surface area (Å²) in [6.45, 7) is 0.934. The zero-order valence-corrected chi connectivity index (χ0v) is 23.0. The summed E-state index contributed by atoms with van der Waals surface area (Å²) >= 11 is 7.65. The van der Waals surface area contributed by atoms with Gasteiger partial charge in [-0.3, -0.25) is 24.0 Å². The highest BCUT2D eigenvalue weighted by atomic mass is 35.5. The van der Waals surface area contributed by atoms with Crippen LogP contribution in [0.2, 0.25) is 5.02 Å². The lowest BCUT2D eigenvalue weighted by Crippen LogP contribution is -2.58. The van der Waals surface area contributed by atoms with Crippen molar-refractivity contribution in [1.82, 2.24) is 20.9 Å². The molecule has 0 radical (unpaired) electrons. The van der Waals surface area contributed by atoms with Crippen LogP contribution in [0, 0.1) is 11.3 Å². The van der Waals surface area contributed by atoms with Crippen LogP contribution in [-0.2, 0) is 19.2 Å². The number of amides is 4. The molecule has 9 nitrogen and oxygen atoms in total. The first kappa shape index (κ1) is 26.3. The number of carbonyl (C=O) groups is 5. The second-order valence-electron chi connectivity index (χ2n) is 11.4. The number of piperidine rings is 1. The average Bonchev–Trinajstić information content (AvgIpc) is 3.80. The van der Waals surface area contributed by atoms with Gasteiger partial charge in [0, 0.05) is 25.0 Å². The molecule has 206 valence electrons. The molecule has 6 rings (SSSR count). The molecule has 4 fully saturated rings. The number of nitrogens with zero attached hydrogens (tertiary/aromatic N) is 1. The number of fused-ring (bicyclic) bond motifs is 1. The van der Waals surface area contributed by atoms with Crippen molar-refractivity contribution in [3.63, 3.8) is 0 Å². The molecule has 1 spiro atoms. The van der Waals surface area contributed by atoms with Crippen molar-refractivity contribution in [1.29, 1.82) is 0 Å². The molecule has 2 saturated heterocycles. The Morgan fingerprint density at radius 3 is 2.62 bits per heavy atom. The number of halogens is 1. The van der Waals surface area contributed by atoms with E-state index in [2.05, 4.69) is 16.0 Å². The van der Waals surface area contributed by atoms with Crippen molar-refractivity contribution < 1.29 is 24.0 Å². The lowest BCUT2D eigenvalue weighted by molar-refractivity contribution is -0.141. The fraction of sp³-hybridized carbons (Fsp3) is 0.536. The summed E-state index contributed by atoms with van der Waals surface area (Å²) in [5, 5.41) is 9.70. The lowest BCUT2D eigenvalue weighted by Gasteiger charge is -2.39. The largest absolute Gasteiger partial charge is 0.356 e. The van der Waals surface area contributed by atoms with Gasteiger partial charge in [-0.25, -0.2) is 0 Å². The number of hydrogen-bond donors (Lipinski definition) is 3. The molecular weight excluding hydrogens is 540 g/mol. The third kappa shape index (κ3) is 5.41. The molecule has 2 aliphatic heterocycles. The molecule has 2 aliphatic carbocycles. The maximum atomic E-state index is 13.8. The van der Waals surface area contributed by atoms with Crippen molar-refractivity contribution in [3.8, 4) is 0 Å². The summed E-state index contributed by atoms with van der Waals surface area (Å²) in [6.07, 6.45) is 5.58. The molecule has 2 aromatic rings. The molecule has 3 atom stereocenters. The van der Waals surface area contributed by atoms with E-state index in [1.165, 1.54) is 11.3 Å². The monoisotopic (exact) mass is 570 g/mol. The number of ketones is 1. The van der Waals surface area contributed by atoms with E-state index in [1.807, 2.05) is 12.1 Å². The molecule has 1 aromatic heterocycles. The third-order valence-electron chi connectivity index (χ3n) is 8.57. The second-order valence-corrected chi connectivity index (χ2v) is 12.9. The highest BCUT2D eigenvalue weighted by Gasteiger charge is 2.51. The first-order chi connectivity index (χ1) is 18.7. The topological polar surface area (TPSA) is 125 Å². The summed E-state index contributed by atoms with van der Waals surface area (Å²) in [7, 11) is 0. The van der Waals surface area contributed by atoms with Gasteiger partial charge in [-0.05, 0) is 74.3 Å². The maximum absolute atomic E-state index is 13.8. The number of rotatable bonds is 8. The Balaban J connectivity index is 1.24. The maximum Gasteiger partial charge on any atom is 0.289 e. The molecule has 1 unspecified atom stereocenters. The van der Waals surface area contributed by atoms with Gasteiger partial charge in [-0.15, -0.1) is 11.3 Å². The number of Topliss-reactive ketones (excluding diaryl/α,β-unsaturated/α-hetero) is 1. The van der Waals surface area contributed by atoms with Gasteiger partial charge in [0.05, 0.1) is 20.6 Å². The van der Waals surface area contributed by atoms with Gasteiger partial charge in [0.2, 0.25) is 17.6 Å². The van der Waals surface area contributed by atoms with Crippen molar-refractivity contribution in [2.45, 2.75) is 69.5 Å². The van der Waals surface area contributed by atoms with Gasteiger partial charge in [0.1, 0.15) is 6.04 Å². The number of thiophene rings is 1. The minimum absolute atomic E-state index is 0.0106. The quantitative estimate of drug-likeness (QED) is 0.421. The number of likely N-dealkylation sites (tertiary alicyclic amines) is 1. The molecule has 3 N–H and O–H groups in total. The zero-order chi connectivity index (χ0) is 27.3. The highest BCUT2D eigenvalue weighted by Crippen LogP contribution is 2.55. The first-order valence-corrected chi connectivity index (χ1v) is 14.8. The molecule has 39 heavy (non-hydrogen) atoms. The van der Waals surface area contributed by atoms with Gasteiger partial charge >= 0.3 is 0 Å². The van der Waals surface area contributed by atoms with E-state index in [9.17, 15) is 24.0 Å². The first-order valence-electron chi connectivity index (χ1n) is 13.6.